The van der Waals surface area contributed by atoms with E-state index in [1.165, 1.54) is 30.5 Å². The van der Waals surface area contributed by atoms with Crippen molar-refractivity contribution in [3.05, 3.63) is 59.9 Å². The van der Waals surface area contributed by atoms with Crippen LogP contribution in [0.4, 0.5) is 5.69 Å². The summed E-state index contributed by atoms with van der Waals surface area (Å²) >= 11 is 0. The number of carbonyl (C=O) groups excluding carboxylic acids is 1. The Labute approximate surface area is 180 Å². The zero-order chi connectivity index (χ0) is 21.0. The molecule has 3 heterocycles. The van der Waals surface area contributed by atoms with E-state index in [0.717, 1.165) is 51.3 Å². The average molecular weight is 407 g/mol. The normalized spacial score (nSPS) is 22.7. The first-order chi connectivity index (χ1) is 14.6. The Kier molecular flexibility index (Phi) is 6.38. The second-order valence-electron chi connectivity index (χ2n) is 8.99. The third kappa shape index (κ3) is 4.22. The highest BCUT2D eigenvalue weighted by Crippen LogP contribution is 2.36. The fourth-order valence-corrected chi connectivity index (χ4v) is 5.18. The van der Waals surface area contributed by atoms with Crippen LogP contribution in [-0.2, 0) is 16.8 Å². The summed E-state index contributed by atoms with van der Waals surface area (Å²) in [6.45, 7) is 4.91. The molecule has 0 radical (unpaired) electrons. The number of anilines is 1. The molecule has 0 bridgehead atoms. The number of pyridine rings is 1. The molecule has 2 aliphatic rings. The summed E-state index contributed by atoms with van der Waals surface area (Å²) in [6, 6.07) is 14.8. The number of piperidine rings is 2. The van der Waals surface area contributed by atoms with Gasteiger partial charge in [0.15, 0.2) is 0 Å². The van der Waals surface area contributed by atoms with Crippen LogP contribution in [0.3, 0.4) is 0 Å². The van der Waals surface area contributed by atoms with E-state index in [1.54, 1.807) is 4.90 Å². The third-order valence-electron chi connectivity index (χ3n) is 6.62. The van der Waals surface area contributed by atoms with Crippen molar-refractivity contribution in [3.8, 4) is 0 Å². The van der Waals surface area contributed by atoms with Gasteiger partial charge >= 0.3 is 0 Å². The van der Waals surface area contributed by atoms with Gasteiger partial charge in [-0.2, -0.15) is 0 Å². The molecule has 0 aliphatic carbocycles. The van der Waals surface area contributed by atoms with E-state index in [-0.39, 0.29) is 5.91 Å². The van der Waals surface area contributed by atoms with E-state index < -0.39 is 5.41 Å². The minimum absolute atomic E-state index is 0.162. The van der Waals surface area contributed by atoms with Gasteiger partial charge in [-0.05, 0) is 62.4 Å². The second-order valence-corrected chi connectivity index (χ2v) is 8.99. The van der Waals surface area contributed by atoms with Crippen molar-refractivity contribution in [1.82, 2.24) is 14.8 Å². The Morgan fingerprint density at radius 2 is 1.77 bits per heavy atom. The molecule has 1 aromatic heterocycles. The number of benzene rings is 1. The standard InChI is InChI=1S/C25H34N4O/c1-27(2)24(30)25(23-13-6-7-15-26-23)14-10-16-28(20-25)19-21-11-4-5-12-22(21)29-17-8-3-9-18-29/h4-7,11-13,15H,3,8-10,14,16-20H2,1-2H3. The lowest BCUT2D eigenvalue weighted by molar-refractivity contribution is -0.137. The molecule has 1 amide bonds. The van der Waals surface area contributed by atoms with E-state index >= 15 is 0 Å². The van der Waals surface area contributed by atoms with Gasteiger partial charge in [0.1, 0.15) is 5.41 Å². The molecule has 1 atom stereocenters. The van der Waals surface area contributed by atoms with Gasteiger partial charge in [-0.25, -0.2) is 0 Å². The minimum Gasteiger partial charge on any atom is -0.371 e. The van der Waals surface area contributed by atoms with E-state index in [0.29, 0.717) is 0 Å². The van der Waals surface area contributed by atoms with Crippen molar-refractivity contribution in [2.75, 3.05) is 45.2 Å². The largest absolute Gasteiger partial charge is 0.371 e. The fraction of sp³-hybridized carbons (Fsp3) is 0.520. The molecule has 4 rings (SSSR count). The quantitative estimate of drug-likeness (QED) is 0.759. The lowest BCUT2D eigenvalue weighted by Gasteiger charge is -2.43. The number of para-hydroxylation sites is 1. The van der Waals surface area contributed by atoms with Crippen LogP contribution in [0.25, 0.3) is 0 Å². The van der Waals surface area contributed by atoms with Gasteiger partial charge in [0.2, 0.25) is 5.91 Å². The summed E-state index contributed by atoms with van der Waals surface area (Å²) in [5.41, 5.74) is 3.07. The van der Waals surface area contributed by atoms with Crippen LogP contribution < -0.4 is 4.90 Å². The Bertz CT molecular complexity index is 847. The molecule has 5 heteroatoms. The number of amides is 1. The van der Waals surface area contributed by atoms with Crippen LogP contribution in [0.2, 0.25) is 0 Å². The molecule has 30 heavy (non-hydrogen) atoms. The van der Waals surface area contributed by atoms with Gasteiger partial charge in [-0.15, -0.1) is 0 Å². The average Bonchev–Trinajstić information content (AvgIpc) is 2.80. The zero-order valence-electron chi connectivity index (χ0n) is 18.4. The van der Waals surface area contributed by atoms with Crippen molar-refractivity contribution >= 4 is 11.6 Å². The van der Waals surface area contributed by atoms with Gasteiger partial charge in [-0.1, -0.05) is 24.3 Å². The summed E-state index contributed by atoms with van der Waals surface area (Å²) in [6.07, 6.45) is 7.55. The number of carbonyl (C=O) groups is 1. The summed E-state index contributed by atoms with van der Waals surface area (Å²) in [5.74, 6) is 0.162. The molecular weight excluding hydrogens is 372 g/mol. The number of rotatable bonds is 5. The minimum atomic E-state index is -0.566. The monoisotopic (exact) mass is 406 g/mol. The van der Waals surface area contributed by atoms with Gasteiger partial charge < -0.3 is 9.80 Å². The van der Waals surface area contributed by atoms with Crippen LogP contribution in [-0.4, -0.2) is 61.0 Å². The number of hydrogen-bond donors (Lipinski definition) is 0. The smallest absolute Gasteiger partial charge is 0.235 e. The SMILES string of the molecule is CN(C)C(=O)C1(c2ccccn2)CCCN(Cc2ccccc2N2CCCCC2)C1. The van der Waals surface area contributed by atoms with Gasteiger partial charge in [0.25, 0.3) is 0 Å². The summed E-state index contributed by atoms with van der Waals surface area (Å²) in [5, 5.41) is 0. The molecule has 0 spiro atoms. The van der Waals surface area contributed by atoms with E-state index in [2.05, 4.69) is 39.0 Å². The first-order valence-corrected chi connectivity index (χ1v) is 11.3. The Hall–Kier alpha value is -2.40. The second kappa shape index (κ2) is 9.17. The van der Waals surface area contributed by atoms with Crippen molar-refractivity contribution in [1.29, 1.82) is 0 Å². The number of nitrogens with zero attached hydrogens (tertiary/aromatic N) is 4. The maximum atomic E-state index is 13.4. The molecule has 2 saturated heterocycles. The predicted molar refractivity (Wildman–Crippen MR) is 122 cm³/mol. The van der Waals surface area contributed by atoms with Crippen LogP contribution in [0, 0.1) is 0 Å². The highest BCUT2D eigenvalue weighted by Gasteiger charge is 2.45. The van der Waals surface area contributed by atoms with E-state index in [9.17, 15) is 4.79 Å². The lowest BCUT2D eigenvalue weighted by atomic mass is 9.75. The Morgan fingerprint density at radius 1 is 1.00 bits per heavy atom. The highest BCUT2D eigenvalue weighted by molar-refractivity contribution is 5.88. The Balaban J connectivity index is 1.60. The maximum Gasteiger partial charge on any atom is 0.235 e. The molecule has 0 N–H and O–H groups in total. The third-order valence-corrected chi connectivity index (χ3v) is 6.62. The van der Waals surface area contributed by atoms with Crippen molar-refractivity contribution in [2.24, 2.45) is 0 Å². The van der Waals surface area contributed by atoms with Gasteiger partial charge in [0, 0.05) is 52.2 Å². The van der Waals surface area contributed by atoms with E-state index in [4.69, 9.17) is 0 Å². The van der Waals surface area contributed by atoms with Crippen molar-refractivity contribution in [2.45, 2.75) is 44.1 Å². The Morgan fingerprint density at radius 3 is 2.50 bits per heavy atom. The molecule has 2 fully saturated rings. The molecule has 0 saturated carbocycles. The molecule has 1 aromatic carbocycles. The first-order valence-electron chi connectivity index (χ1n) is 11.3. The predicted octanol–water partition coefficient (Wildman–Crippen LogP) is 3.69. The van der Waals surface area contributed by atoms with Gasteiger partial charge in [0.05, 0.1) is 5.69 Å². The van der Waals surface area contributed by atoms with Crippen molar-refractivity contribution in [3.63, 3.8) is 0 Å². The topological polar surface area (TPSA) is 39.7 Å². The maximum absolute atomic E-state index is 13.4. The zero-order valence-corrected chi connectivity index (χ0v) is 18.4. The number of hydrogen-bond acceptors (Lipinski definition) is 4. The van der Waals surface area contributed by atoms with Crippen LogP contribution in [0.1, 0.15) is 43.4 Å². The summed E-state index contributed by atoms with van der Waals surface area (Å²) in [4.78, 5) is 24.7. The summed E-state index contributed by atoms with van der Waals surface area (Å²) in [7, 11) is 3.72. The number of aromatic nitrogens is 1. The van der Waals surface area contributed by atoms with Crippen LogP contribution in [0.15, 0.2) is 48.7 Å². The lowest BCUT2D eigenvalue weighted by Crippen LogP contribution is -2.54. The molecule has 5 nitrogen and oxygen atoms in total. The molecular formula is C25H34N4O. The highest BCUT2D eigenvalue weighted by atomic mass is 16.2. The van der Waals surface area contributed by atoms with Crippen molar-refractivity contribution < 1.29 is 4.79 Å². The number of likely N-dealkylation sites (tertiary alicyclic amines) is 1. The van der Waals surface area contributed by atoms with Crippen LogP contribution >= 0.6 is 0 Å². The van der Waals surface area contributed by atoms with Crippen LogP contribution in [0.5, 0.6) is 0 Å². The molecule has 2 aliphatic heterocycles. The summed E-state index contributed by atoms with van der Waals surface area (Å²) < 4.78 is 0. The van der Waals surface area contributed by atoms with E-state index in [1.807, 2.05) is 38.5 Å². The van der Waals surface area contributed by atoms with Gasteiger partial charge in [-0.3, -0.25) is 14.7 Å². The number of likely N-dealkylation sites (N-methyl/N-ethyl adjacent to an activating group) is 1. The molecule has 1 unspecified atom stereocenters. The molecule has 160 valence electrons. The molecule has 2 aromatic rings. The fourth-order valence-electron chi connectivity index (χ4n) is 5.18. The first kappa shape index (κ1) is 20.9.